The second kappa shape index (κ2) is 6.31. The molecule has 0 aliphatic heterocycles. The van der Waals surface area contributed by atoms with Gasteiger partial charge in [-0.2, -0.15) is 19.3 Å². The Morgan fingerprint density at radius 2 is 1.15 bits per heavy atom. The minimum absolute atomic E-state index is 0.370. The van der Waals surface area contributed by atoms with Crippen LogP contribution in [-0.4, -0.2) is 59.1 Å². The SMILES string of the molecule is Cc1nc(=S)n(-c2nc(Cc3nc(-n4[nH]c(C)nc4=S)nn3C)n(C)n2)[nH]1. The van der Waals surface area contributed by atoms with Crippen molar-refractivity contribution in [3.05, 3.63) is 32.8 Å². The predicted octanol–water partition coefficient (Wildman–Crippen LogP) is 0.638. The zero-order valence-electron chi connectivity index (χ0n) is 15.0. The van der Waals surface area contributed by atoms with Gasteiger partial charge >= 0.3 is 0 Å². The number of rotatable bonds is 4. The van der Waals surface area contributed by atoms with Gasteiger partial charge in [0.05, 0.1) is 6.42 Å². The van der Waals surface area contributed by atoms with Gasteiger partial charge in [-0.15, -0.1) is 10.2 Å². The van der Waals surface area contributed by atoms with E-state index in [-0.39, 0.29) is 0 Å². The highest BCUT2D eigenvalue weighted by Crippen LogP contribution is 2.10. The van der Waals surface area contributed by atoms with E-state index in [9.17, 15) is 0 Å². The van der Waals surface area contributed by atoms with E-state index in [1.54, 1.807) is 18.7 Å². The first kappa shape index (κ1) is 17.4. The molecular formula is C13H16N12S2. The summed E-state index contributed by atoms with van der Waals surface area (Å²) in [6.45, 7) is 3.64. The highest BCUT2D eigenvalue weighted by molar-refractivity contribution is 7.71. The molecule has 140 valence electrons. The molecule has 4 rings (SSSR count). The average molecular weight is 404 g/mol. The molecule has 0 fully saturated rings. The van der Waals surface area contributed by atoms with Gasteiger partial charge in [-0.3, -0.25) is 19.6 Å². The van der Waals surface area contributed by atoms with Crippen molar-refractivity contribution < 1.29 is 0 Å². The Morgan fingerprint density at radius 1 is 0.741 bits per heavy atom. The number of aromatic amines is 2. The number of hydrogen-bond donors (Lipinski definition) is 2. The molecule has 0 bridgehead atoms. The monoisotopic (exact) mass is 404 g/mol. The first-order valence-corrected chi connectivity index (χ1v) is 8.75. The maximum atomic E-state index is 5.21. The Bertz CT molecular complexity index is 1150. The predicted molar refractivity (Wildman–Crippen MR) is 98.9 cm³/mol. The minimum atomic E-state index is 0.370. The van der Waals surface area contributed by atoms with E-state index in [4.69, 9.17) is 24.4 Å². The van der Waals surface area contributed by atoms with E-state index in [0.717, 1.165) is 0 Å². The lowest BCUT2D eigenvalue weighted by molar-refractivity contribution is 0.663. The molecule has 0 spiro atoms. The average Bonchev–Trinajstić information content (AvgIpc) is 3.30. The van der Waals surface area contributed by atoms with Gasteiger partial charge in [0.1, 0.15) is 23.3 Å². The summed E-state index contributed by atoms with van der Waals surface area (Å²) in [5, 5.41) is 14.8. The van der Waals surface area contributed by atoms with Gasteiger partial charge in [-0.05, 0) is 38.3 Å². The summed E-state index contributed by atoms with van der Waals surface area (Å²) in [5.74, 6) is 3.63. The van der Waals surface area contributed by atoms with E-state index in [1.807, 2.05) is 27.9 Å². The molecule has 12 nitrogen and oxygen atoms in total. The lowest BCUT2D eigenvalue weighted by Gasteiger charge is -1.98. The summed E-state index contributed by atoms with van der Waals surface area (Å²) in [4.78, 5) is 17.4. The second-order valence-corrected chi connectivity index (χ2v) is 6.66. The number of H-pyrrole nitrogens is 2. The van der Waals surface area contributed by atoms with Crippen molar-refractivity contribution in [3.8, 4) is 11.9 Å². The maximum Gasteiger partial charge on any atom is 0.270 e. The molecule has 0 saturated carbocycles. The second-order valence-electron chi connectivity index (χ2n) is 5.93. The third-order valence-corrected chi connectivity index (χ3v) is 4.40. The van der Waals surface area contributed by atoms with E-state index in [2.05, 4.69) is 40.3 Å². The normalized spacial score (nSPS) is 11.4. The van der Waals surface area contributed by atoms with E-state index >= 15 is 0 Å². The van der Waals surface area contributed by atoms with Gasteiger partial charge in [0.25, 0.3) is 11.9 Å². The maximum absolute atomic E-state index is 5.21. The Labute approximate surface area is 162 Å². The summed E-state index contributed by atoms with van der Waals surface area (Å²) < 4.78 is 7.21. The van der Waals surface area contributed by atoms with Crippen LogP contribution in [0.15, 0.2) is 0 Å². The molecule has 2 N–H and O–H groups in total. The van der Waals surface area contributed by atoms with Gasteiger partial charge in [0, 0.05) is 14.1 Å². The molecule has 0 atom stereocenters. The van der Waals surface area contributed by atoms with Gasteiger partial charge in [0.2, 0.25) is 9.54 Å². The standard InChI is InChI=1S/C13H16N12S2/c1-6-14-12(26)24(18-6)10-16-8(22(3)20-10)5-9-17-11(21-23(9)4)25-13(27)15-7(2)19-25/h5H2,1-4H3,(H,14,18,26)(H,15,19,27). The molecule has 0 amide bonds. The molecule has 0 saturated heterocycles. The summed E-state index contributed by atoms with van der Waals surface area (Å²) in [6, 6.07) is 0. The first-order valence-electron chi connectivity index (χ1n) is 7.93. The molecule has 0 radical (unpaired) electrons. The summed E-state index contributed by atoms with van der Waals surface area (Å²) in [5.41, 5.74) is 0. The molecule has 4 heterocycles. The fraction of sp³-hybridized carbons (Fsp3) is 0.385. The fourth-order valence-electron chi connectivity index (χ4n) is 2.57. The van der Waals surface area contributed by atoms with Crippen LogP contribution >= 0.6 is 24.4 Å². The van der Waals surface area contributed by atoms with Crippen molar-refractivity contribution in [1.82, 2.24) is 59.1 Å². The smallest absolute Gasteiger partial charge is 0.270 e. The van der Waals surface area contributed by atoms with Crippen LogP contribution in [0.3, 0.4) is 0 Å². The van der Waals surface area contributed by atoms with E-state index in [1.165, 1.54) is 0 Å². The van der Waals surface area contributed by atoms with Crippen molar-refractivity contribution >= 4 is 24.4 Å². The lowest BCUT2D eigenvalue weighted by atomic mass is 10.4. The molecule has 27 heavy (non-hydrogen) atoms. The highest BCUT2D eigenvalue weighted by atomic mass is 32.1. The number of aryl methyl sites for hydroxylation is 4. The molecule has 4 aromatic heterocycles. The fourth-order valence-corrected chi connectivity index (χ4v) is 3.10. The van der Waals surface area contributed by atoms with Crippen molar-refractivity contribution in [2.45, 2.75) is 20.3 Å². The topological polar surface area (TPSA) is 129 Å². The van der Waals surface area contributed by atoms with E-state index < -0.39 is 0 Å². The molecule has 4 aromatic rings. The molecule has 14 heteroatoms. The van der Waals surface area contributed by atoms with Crippen LogP contribution < -0.4 is 0 Å². The lowest BCUT2D eigenvalue weighted by Crippen LogP contribution is -2.05. The van der Waals surface area contributed by atoms with Crippen LogP contribution in [0.1, 0.15) is 23.3 Å². The molecular weight excluding hydrogens is 388 g/mol. The van der Waals surface area contributed by atoms with Gasteiger partial charge < -0.3 is 0 Å². The van der Waals surface area contributed by atoms with Crippen LogP contribution in [0, 0.1) is 23.4 Å². The molecule has 0 aliphatic carbocycles. The Morgan fingerprint density at radius 3 is 1.48 bits per heavy atom. The van der Waals surface area contributed by atoms with Crippen molar-refractivity contribution in [3.63, 3.8) is 0 Å². The number of hydrogen-bond acceptors (Lipinski definition) is 8. The summed E-state index contributed by atoms with van der Waals surface area (Å²) in [6.07, 6.45) is 0.424. The van der Waals surface area contributed by atoms with Crippen molar-refractivity contribution in [2.75, 3.05) is 0 Å². The first-order chi connectivity index (χ1) is 12.8. The van der Waals surface area contributed by atoms with Crippen LogP contribution in [-0.2, 0) is 20.5 Å². The number of aromatic nitrogens is 12. The quantitative estimate of drug-likeness (QED) is 0.474. The molecule has 0 unspecified atom stereocenters. The third-order valence-electron chi connectivity index (χ3n) is 3.86. The Kier molecular flexibility index (Phi) is 4.07. The highest BCUT2D eigenvalue weighted by Gasteiger charge is 2.16. The van der Waals surface area contributed by atoms with Crippen molar-refractivity contribution in [1.29, 1.82) is 0 Å². The zero-order valence-corrected chi connectivity index (χ0v) is 16.6. The summed E-state index contributed by atoms with van der Waals surface area (Å²) >= 11 is 10.4. The Hall–Kier alpha value is -3.00. The van der Waals surface area contributed by atoms with Crippen LogP contribution in [0.4, 0.5) is 0 Å². The van der Waals surface area contributed by atoms with Crippen LogP contribution in [0.25, 0.3) is 11.9 Å². The number of nitrogens with zero attached hydrogens (tertiary/aromatic N) is 10. The largest absolute Gasteiger partial charge is 0.276 e. The van der Waals surface area contributed by atoms with Gasteiger partial charge in [-0.1, -0.05) is 0 Å². The minimum Gasteiger partial charge on any atom is -0.276 e. The van der Waals surface area contributed by atoms with Gasteiger partial charge in [-0.25, -0.2) is 9.97 Å². The van der Waals surface area contributed by atoms with Crippen LogP contribution in [0.5, 0.6) is 0 Å². The Balaban J connectivity index is 1.67. The number of nitrogens with one attached hydrogen (secondary N) is 2. The van der Waals surface area contributed by atoms with Gasteiger partial charge in [0.15, 0.2) is 0 Å². The molecule has 0 aromatic carbocycles. The summed E-state index contributed by atoms with van der Waals surface area (Å²) in [7, 11) is 3.62. The van der Waals surface area contributed by atoms with Crippen LogP contribution in [0.2, 0.25) is 0 Å². The van der Waals surface area contributed by atoms with E-state index in [0.29, 0.717) is 51.2 Å². The van der Waals surface area contributed by atoms with Crippen molar-refractivity contribution in [2.24, 2.45) is 14.1 Å². The molecule has 0 aliphatic rings. The zero-order chi connectivity index (χ0) is 19.3. The third kappa shape index (κ3) is 3.12.